The van der Waals surface area contributed by atoms with Crippen molar-refractivity contribution in [1.82, 2.24) is 25.2 Å². The smallest absolute Gasteiger partial charge is 0.318 e. The predicted molar refractivity (Wildman–Crippen MR) is 150 cm³/mol. The van der Waals surface area contributed by atoms with Crippen LogP contribution in [0.3, 0.4) is 0 Å². The molecule has 8 nitrogen and oxygen atoms in total. The number of likely N-dealkylation sites (tertiary alicyclic amines) is 1. The Kier molecular flexibility index (Phi) is 6.98. The number of ether oxygens (including phenoxy) is 1. The molecule has 1 N–H and O–H groups in total. The topological polar surface area (TPSA) is 90.2 Å². The molecule has 0 spiro atoms. The summed E-state index contributed by atoms with van der Waals surface area (Å²) in [7, 11) is 3.66. The number of halogens is 1. The van der Waals surface area contributed by atoms with Crippen molar-refractivity contribution in [2.75, 3.05) is 45.2 Å². The highest BCUT2D eigenvalue weighted by Gasteiger charge is 2.34. The van der Waals surface area contributed by atoms with Crippen LogP contribution in [-0.4, -0.2) is 72.3 Å². The Morgan fingerprint density at radius 2 is 1.77 bits per heavy atom. The van der Waals surface area contributed by atoms with Gasteiger partial charge in [0.25, 0.3) is 0 Å². The van der Waals surface area contributed by atoms with Gasteiger partial charge in [-0.3, -0.25) is 4.98 Å². The van der Waals surface area contributed by atoms with Crippen molar-refractivity contribution >= 4 is 27.5 Å². The van der Waals surface area contributed by atoms with Crippen LogP contribution in [0.2, 0.25) is 0 Å². The van der Waals surface area contributed by atoms with Crippen LogP contribution in [0.5, 0.6) is 6.01 Å². The second-order valence-electron chi connectivity index (χ2n) is 10.6. The number of piperazine rings is 1. The van der Waals surface area contributed by atoms with Gasteiger partial charge < -0.3 is 19.9 Å². The van der Waals surface area contributed by atoms with E-state index in [-0.39, 0.29) is 17.2 Å². The zero-order valence-corrected chi connectivity index (χ0v) is 22.3. The summed E-state index contributed by atoms with van der Waals surface area (Å²) >= 11 is 0. The first-order valence-electron chi connectivity index (χ1n) is 13.6. The molecule has 2 aromatic heterocycles. The minimum atomic E-state index is -0.548. The molecule has 3 saturated heterocycles. The van der Waals surface area contributed by atoms with Crippen LogP contribution in [0, 0.1) is 17.1 Å². The Hall–Kier alpha value is -3.87. The van der Waals surface area contributed by atoms with E-state index in [1.807, 2.05) is 24.3 Å². The summed E-state index contributed by atoms with van der Waals surface area (Å²) < 4.78 is 21.4. The van der Waals surface area contributed by atoms with Gasteiger partial charge in [-0.15, -0.1) is 0 Å². The summed E-state index contributed by atoms with van der Waals surface area (Å²) in [6.07, 6.45) is 6.72. The Morgan fingerprint density at radius 3 is 2.41 bits per heavy atom. The lowest BCUT2D eigenvalue weighted by molar-refractivity contribution is 0.380. The van der Waals surface area contributed by atoms with E-state index in [1.54, 1.807) is 18.3 Å². The number of methoxy groups -OCH3 is 1. The van der Waals surface area contributed by atoms with Crippen molar-refractivity contribution in [3.05, 3.63) is 54.0 Å². The third-order valence-electron chi connectivity index (χ3n) is 7.95. The first-order valence-corrected chi connectivity index (χ1v) is 13.6. The van der Waals surface area contributed by atoms with Gasteiger partial charge in [-0.25, -0.2) is 4.39 Å². The van der Waals surface area contributed by atoms with Crippen LogP contribution < -0.4 is 15.0 Å². The number of nitriles is 1. The van der Waals surface area contributed by atoms with Crippen LogP contribution in [0.15, 0.2) is 42.6 Å². The highest BCUT2D eigenvalue weighted by atomic mass is 19.1. The predicted octanol–water partition coefficient (Wildman–Crippen LogP) is 4.52. The summed E-state index contributed by atoms with van der Waals surface area (Å²) in [4.78, 5) is 18.0. The second kappa shape index (κ2) is 10.7. The van der Waals surface area contributed by atoms with E-state index in [4.69, 9.17) is 4.74 Å². The van der Waals surface area contributed by atoms with E-state index >= 15 is 4.39 Å². The molecule has 4 aromatic rings. The van der Waals surface area contributed by atoms with Gasteiger partial charge in [0.05, 0.1) is 24.1 Å². The highest BCUT2D eigenvalue weighted by molar-refractivity contribution is 6.01. The van der Waals surface area contributed by atoms with Crippen LogP contribution in [0.1, 0.15) is 31.2 Å². The Morgan fingerprint density at radius 1 is 1.05 bits per heavy atom. The molecule has 9 heteroatoms. The largest absolute Gasteiger partial charge is 0.467 e. The lowest BCUT2D eigenvalue weighted by Crippen LogP contribution is -2.51. The number of anilines is 1. The van der Waals surface area contributed by atoms with Gasteiger partial charge in [-0.05, 0) is 57.3 Å². The minimum Gasteiger partial charge on any atom is -0.467 e. The number of hydrogen-bond acceptors (Lipinski definition) is 8. The van der Waals surface area contributed by atoms with Crippen molar-refractivity contribution in [3.8, 4) is 23.3 Å². The first kappa shape index (κ1) is 25.4. The maximum absolute atomic E-state index is 16.0. The molecule has 200 valence electrons. The van der Waals surface area contributed by atoms with Crippen LogP contribution in [0.4, 0.5) is 10.2 Å². The van der Waals surface area contributed by atoms with Gasteiger partial charge in [0.2, 0.25) is 0 Å². The lowest BCUT2D eigenvalue weighted by Gasteiger charge is -2.34. The summed E-state index contributed by atoms with van der Waals surface area (Å²) in [6, 6.07) is 14.1. The third kappa shape index (κ3) is 4.86. The maximum atomic E-state index is 16.0. The molecule has 2 unspecified atom stereocenters. The number of aromatic nitrogens is 3. The molecule has 5 heterocycles. The fourth-order valence-electron chi connectivity index (χ4n) is 6.02. The molecule has 3 aliphatic heterocycles. The van der Waals surface area contributed by atoms with E-state index in [9.17, 15) is 5.26 Å². The Labute approximate surface area is 227 Å². The molecular formula is C30H32FN7O. The molecule has 2 bridgehead atoms. The molecule has 39 heavy (non-hydrogen) atoms. The monoisotopic (exact) mass is 525 g/mol. The van der Waals surface area contributed by atoms with Crippen molar-refractivity contribution in [1.29, 1.82) is 5.26 Å². The van der Waals surface area contributed by atoms with E-state index in [2.05, 4.69) is 43.2 Å². The standard InChI is InChI=1S/C25H21FN6O.C5H11N/c1-33-25-30-23-19(24(31-25)32-12-16-8-9-17(13-32)29-16)11-28-22(21(23)26)18-7-3-5-14-4-2-6-15(10-27)20(14)18;1-6-4-2-3-5-6/h2-7,11,16-17,29H,8-9,12-13H2,1H3;2-5H2,1H3. The summed E-state index contributed by atoms with van der Waals surface area (Å²) in [5, 5.41) is 15.3. The first-order chi connectivity index (χ1) is 19.1. The summed E-state index contributed by atoms with van der Waals surface area (Å²) in [5.41, 5.74) is 1.35. The molecular weight excluding hydrogens is 493 g/mol. The van der Waals surface area contributed by atoms with Gasteiger partial charge in [0.15, 0.2) is 5.82 Å². The van der Waals surface area contributed by atoms with Crippen LogP contribution in [-0.2, 0) is 0 Å². The molecule has 2 aromatic carbocycles. The SMILES string of the molecule is CN1CCCC1.COc1nc(N2CC3CCC(C2)N3)c2cnc(-c3cccc4cccc(C#N)c34)c(F)c2n1. The minimum absolute atomic E-state index is 0.120. The fourth-order valence-corrected chi connectivity index (χ4v) is 6.02. The highest BCUT2D eigenvalue weighted by Crippen LogP contribution is 2.36. The van der Waals surface area contributed by atoms with Crippen LogP contribution in [0.25, 0.3) is 32.9 Å². The van der Waals surface area contributed by atoms with Gasteiger partial charge >= 0.3 is 6.01 Å². The van der Waals surface area contributed by atoms with E-state index in [1.165, 1.54) is 33.0 Å². The van der Waals surface area contributed by atoms with Crippen molar-refractivity contribution in [2.45, 2.75) is 37.8 Å². The number of pyridine rings is 1. The maximum Gasteiger partial charge on any atom is 0.318 e. The van der Waals surface area contributed by atoms with Crippen molar-refractivity contribution < 1.29 is 9.13 Å². The number of nitrogens with one attached hydrogen (secondary N) is 1. The summed E-state index contributed by atoms with van der Waals surface area (Å²) in [6.45, 7) is 4.23. The summed E-state index contributed by atoms with van der Waals surface area (Å²) in [5.74, 6) is 0.0941. The third-order valence-corrected chi connectivity index (χ3v) is 7.95. The van der Waals surface area contributed by atoms with Gasteiger partial charge in [0, 0.05) is 42.3 Å². The number of hydrogen-bond donors (Lipinski definition) is 1. The number of rotatable bonds is 3. The average Bonchev–Trinajstić information content (AvgIpc) is 3.59. The quantitative estimate of drug-likeness (QED) is 0.418. The number of fused-ring (bicyclic) bond motifs is 4. The van der Waals surface area contributed by atoms with Crippen molar-refractivity contribution in [3.63, 3.8) is 0 Å². The van der Waals surface area contributed by atoms with Gasteiger partial charge in [-0.1, -0.05) is 30.3 Å². The van der Waals surface area contributed by atoms with Gasteiger partial charge in [-0.2, -0.15) is 15.2 Å². The molecule has 0 aliphatic carbocycles. The molecule has 0 radical (unpaired) electrons. The zero-order chi connectivity index (χ0) is 26.9. The molecule has 0 saturated carbocycles. The molecule has 3 aliphatic rings. The fraction of sp³-hybridized carbons (Fsp3) is 0.400. The normalized spacial score (nSPS) is 20.6. The molecule has 7 rings (SSSR count). The molecule has 3 fully saturated rings. The van der Waals surface area contributed by atoms with Gasteiger partial charge in [0.1, 0.15) is 17.0 Å². The molecule has 0 amide bonds. The molecule has 2 atom stereocenters. The van der Waals surface area contributed by atoms with Crippen LogP contribution >= 0.6 is 0 Å². The van der Waals surface area contributed by atoms with E-state index < -0.39 is 5.82 Å². The number of benzene rings is 2. The number of nitrogens with zero attached hydrogens (tertiary/aromatic N) is 6. The van der Waals surface area contributed by atoms with Crippen molar-refractivity contribution in [2.24, 2.45) is 0 Å². The second-order valence-corrected chi connectivity index (χ2v) is 10.6. The Balaban J connectivity index is 0.000000410. The van der Waals surface area contributed by atoms with E-state index in [0.29, 0.717) is 39.8 Å². The average molecular weight is 526 g/mol. The lowest BCUT2D eigenvalue weighted by atomic mass is 9.97. The Bertz CT molecular complexity index is 1550. The zero-order valence-electron chi connectivity index (χ0n) is 22.3. The van der Waals surface area contributed by atoms with E-state index in [0.717, 1.165) is 31.3 Å².